The highest BCUT2D eigenvalue weighted by molar-refractivity contribution is 5.38. The fourth-order valence-corrected chi connectivity index (χ4v) is 1.87. The summed E-state index contributed by atoms with van der Waals surface area (Å²) < 4.78 is 7.24. The zero-order chi connectivity index (χ0) is 12.3. The molecule has 3 heteroatoms. The van der Waals surface area contributed by atoms with E-state index < -0.39 is 0 Å². The van der Waals surface area contributed by atoms with E-state index in [9.17, 15) is 0 Å². The second kappa shape index (κ2) is 4.75. The van der Waals surface area contributed by atoms with Gasteiger partial charge in [-0.2, -0.15) is 5.26 Å². The highest BCUT2D eigenvalue weighted by atomic mass is 16.5. The first-order valence-electron chi connectivity index (χ1n) is 5.43. The minimum absolute atomic E-state index is 0.654. The highest BCUT2D eigenvalue weighted by Gasteiger charge is 2.06. The van der Waals surface area contributed by atoms with Gasteiger partial charge in [0.05, 0.1) is 13.7 Å². The Morgan fingerprint density at radius 3 is 2.88 bits per heavy atom. The van der Waals surface area contributed by atoms with Gasteiger partial charge in [-0.05, 0) is 25.1 Å². The summed E-state index contributed by atoms with van der Waals surface area (Å²) in [7, 11) is 1.66. The lowest BCUT2D eigenvalue weighted by Crippen LogP contribution is -2.03. The van der Waals surface area contributed by atoms with E-state index in [1.165, 1.54) is 5.56 Å². The Labute approximate surface area is 101 Å². The largest absolute Gasteiger partial charge is 0.496 e. The Morgan fingerprint density at radius 1 is 1.35 bits per heavy atom. The molecule has 0 aliphatic rings. The normalized spacial score (nSPS) is 9.94. The van der Waals surface area contributed by atoms with Crippen LogP contribution in [-0.2, 0) is 6.54 Å². The summed E-state index contributed by atoms with van der Waals surface area (Å²) in [6.07, 6.45) is 1.90. The molecule has 2 aromatic rings. The van der Waals surface area contributed by atoms with Crippen molar-refractivity contribution in [1.82, 2.24) is 4.57 Å². The predicted octanol–water partition coefficient (Wildman–Crippen LogP) is 2.73. The van der Waals surface area contributed by atoms with Crippen molar-refractivity contribution in [3.8, 4) is 11.8 Å². The van der Waals surface area contributed by atoms with Gasteiger partial charge >= 0.3 is 0 Å². The Balaban J connectivity index is 2.36. The molecular weight excluding hydrogens is 212 g/mol. The van der Waals surface area contributed by atoms with Crippen molar-refractivity contribution in [1.29, 1.82) is 5.26 Å². The standard InChI is InChI=1S/C14H14N2O/c1-11-5-6-14(17-2)12(8-11)10-16-7-3-4-13(16)9-15/h3-8H,10H2,1-2H3. The molecule has 0 spiro atoms. The molecule has 86 valence electrons. The van der Waals surface area contributed by atoms with Crippen LogP contribution < -0.4 is 4.74 Å². The van der Waals surface area contributed by atoms with Crippen LogP contribution >= 0.6 is 0 Å². The van der Waals surface area contributed by atoms with Gasteiger partial charge in [-0.25, -0.2) is 0 Å². The topological polar surface area (TPSA) is 38.0 Å². The number of hydrogen-bond donors (Lipinski definition) is 0. The van der Waals surface area contributed by atoms with Gasteiger partial charge in [0.1, 0.15) is 17.5 Å². The molecule has 0 N–H and O–H groups in total. The molecule has 0 atom stereocenters. The van der Waals surface area contributed by atoms with E-state index >= 15 is 0 Å². The fourth-order valence-electron chi connectivity index (χ4n) is 1.87. The van der Waals surface area contributed by atoms with Gasteiger partial charge in [0.25, 0.3) is 0 Å². The maximum absolute atomic E-state index is 8.96. The van der Waals surface area contributed by atoms with Gasteiger partial charge in [0, 0.05) is 11.8 Å². The number of methoxy groups -OCH3 is 1. The number of benzene rings is 1. The van der Waals surface area contributed by atoms with Gasteiger partial charge < -0.3 is 9.30 Å². The van der Waals surface area contributed by atoms with Crippen molar-refractivity contribution in [2.75, 3.05) is 7.11 Å². The SMILES string of the molecule is COc1ccc(C)cc1Cn1cccc1C#N. The van der Waals surface area contributed by atoms with Crippen molar-refractivity contribution in [3.05, 3.63) is 53.3 Å². The highest BCUT2D eigenvalue weighted by Crippen LogP contribution is 2.21. The molecule has 3 nitrogen and oxygen atoms in total. The second-order valence-corrected chi connectivity index (χ2v) is 3.95. The van der Waals surface area contributed by atoms with Gasteiger partial charge in [-0.3, -0.25) is 0 Å². The van der Waals surface area contributed by atoms with E-state index in [-0.39, 0.29) is 0 Å². The first-order chi connectivity index (χ1) is 8.24. The van der Waals surface area contributed by atoms with Crippen molar-refractivity contribution in [2.45, 2.75) is 13.5 Å². The fraction of sp³-hybridized carbons (Fsp3) is 0.214. The minimum Gasteiger partial charge on any atom is -0.496 e. The van der Waals surface area contributed by atoms with Crippen LogP contribution in [0.1, 0.15) is 16.8 Å². The maximum Gasteiger partial charge on any atom is 0.123 e. The molecule has 2 rings (SSSR count). The lowest BCUT2D eigenvalue weighted by atomic mass is 10.1. The molecule has 0 unspecified atom stereocenters. The quantitative estimate of drug-likeness (QED) is 0.807. The van der Waals surface area contributed by atoms with Crippen LogP contribution in [-0.4, -0.2) is 11.7 Å². The van der Waals surface area contributed by atoms with E-state index in [2.05, 4.69) is 12.1 Å². The number of aromatic nitrogens is 1. The minimum atomic E-state index is 0.654. The number of nitriles is 1. The molecule has 1 aromatic carbocycles. The molecule has 0 aliphatic heterocycles. The van der Waals surface area contributed by atoms with Crippen LogP contribution in [0.25, 0.3) is 0 Å². The molecule has 0 bridgehead atoms. The van der Waals surface area contributed by atoms with Crippen LogP contribution in [0, 0.1) is 18.3 Å². The van der Waals surface area contributed by atoms with Crippen LogP contribution in [0.5, 0.6) is 5.75 Å². The molecule has 1 aromatic heterocycles. The first kappa shape index (κ1) is 11.3. The van der Waals surface area contributed by atoms with Gasteiger partial charge in [-0.1, -0.05) is 17.7 Å². The summed E-state index contributed by atoms with van der Waals surface area (Å²) in [5, 5.41) is 8.96. The van der Waals surface area contributed by atoms with Gasteiger partial charge in [0.15, 0.2) is 0 Å². The van der Waals surface area contributed by atoms with Crippen LogP contribution in [0.3, 0.4) is 0 Å². The van der Waals surface area contributed by atoms with Gasteiger partial charge in [0.2, 0.25) is 0 Å². The van der Waals surface area contributed by atoms with Crippen LogP contribution in [0.2, 0.25) is 0 Å². The zero-order valence-electron chi connectivity index (χ0n) is 9.97. The maximum atomic E-state index is 8.96. The Bertz CT molecular complexity index is 564. The average Bonchev–Trinajstić information content (AvgIpc) is 2.77. The summed E-state index contributed by atoms with van der Waals surface area (Å²) in [6, 6.07) is 11.9. The summed E-state index contributed by atoms with van der Waals surface area (Å²) in [5.41, 5.74) is 2.93. The molecule has 0 saturated carbocycles. The van der Waals surface area contributed by atoms with Crippen molar-refractivity contribution in [2.24, 2.45) is 0 Å². The van der Waals surface area contributed by atoms with E-state index in [0.29, 0.717) is 12.2 Å². The molecule has 0 saturated heterocycles. The van der Waals surface area contributed by atoms with Crippen LogP contribution in [0.15, 0.2) is 36.5 Å². The van der Waals surface area contributed by atoms with Crippen molar-refractivity contribution >= 4 is 0 Å². The molecule has 0 radical (unpaired) electrons. The summed E-state index contributed by atoms with van der Waals surface area (Å²) >= 11 is 0. The average molecular weight is 226 g/mol. The summed E-state index contributed by atoms with van der Waals surface area (Å²) in [6.45, 7) is 2.70. The Kier molecular flexibility index (Phi) is 3.15. The summed E-state index contributed by atoms with van der Waals surface area (Å²) in [5.74, 6) is 0.855. The molecule has 0 fully saturated rings. The lowest BCUT2D eigenvalue weighted by Gasteiger charge is -2.11. The van der Waals surface area contributed by atoms with E-state index in [4.69, 9.17) is 10.00 Å². The van der Waals surface area contributed by atoms with Crippen LogP contribution in [0.4, 0.5) is 0 Å². The lowest BCUT2D eigenvalue weighted by molar-refractivity contribution is 0.408. The number of rotatable bonds is 3. The van der Waals surface area contributed by atoms with Crippen molar-refractivity contribution < 1.29 is 4.74 Å². The second-order valence-electron chi connectivity index (χ2n) is 3.95. The van der Waals surface area contributed by atoms with E-state index in [1.807, 2.05) is 42.0 Å². The van der Waals surface area contributed by atoms with E-state index in [0.717, 1.165) is 11.3 Å². The number of hydrogen-bond acceptors (Lipinski definition) is 2. The molecule has 0 amide bonds. The number of nitrogens with zero attached hydrogens (tertiary/aromatic N) is 2. The van der Waals surface area contributed by atoms with Crippen molar-refractivity contribution in [3.63, 3.8) is 0 Å². The number of aryl methyl sites for hydroxylation is 1. The monoisotopic (exact) mass is 226 g/mol. The third-order valence-electron chi connectivity index (χ3n) is 2.72. The smallest absolute Gasteiger partial charge is 0.123 e. The van der Waals surface area contributed by atoms with E-state index in [1.54, 1.807) is 7.11 Å². The first-order valence-corrected chi connectivity index (χ1v) is 5.43. The summed E-state index contributed by atoms with van der Waals surface area (Å²) in [4.78, 5) is 0. The molecular formula is C14H14N2O. The van der Waals surface area contributed by atoms with Gasteiger partial charge in [-0.15, -0.1) is 0 Å². The molecule has 17 heavy (non-hydrogen) atoms. The predicted molar refractivity (Wildman–Crippen MR) is 66.0 cm³/mol. The number of ether oxygens (including phenoxy) is 1. The molecule has 0 aliphatic carbocycles. The Hall–Kier alpha value is -2.21. The molecule has 1 heterocycles. The zero-order valence-corrected chi connectivity index (χ0v) is 9.97. The Morgan fingerprint density at radius 2 is 2.18 bits per heavy atom. The third-order valence-corrected chi connectivity index (χ3v) is 2.72. The third kappa shape index (κ3) is 2.31.